The van der Waals surface area contributed by atoms with Crippen LogP contribution in [-0.4, -0.2) is 15.0 Å². The van der Waals surface area contributed by atoms with Crippen LogP contribution in [0.2, 0.25) is 0 Å². The van der Waals surface area contributed by atoms with Gasteiger partial charge in [-0.2, -0.15) is 13.2 Å². The van der Waals surface area contributed by atoms with Crippen molar-refractivity contribution in [3.8, 4) is 0 Å². The summed E-state index contributed by atoms with van der Waals surface area (Å²) in [6.07, 6.45) is -3.28. The first-order valence-electron chi connectivity index (χ1n) is 4.86. The van der Waals surface area contributed by atoms with Crippen molar-refractivity contribution in [3.05, 3.63) is 23.8 Å². The Hall–Kier alpha value is -1.59. The fourth-order valence-corrected chi connectivity index (χ4v) is 1.19. The third kappa shape index (κ3) is 2.50. The summed E-state index contributed by atoms with van der Waals surface area (Å²) in [4.78, 5) is 9.98. The van der Waals surface area contributed by atoms with Crippen LogP contribution in [0.15, 0.2) is 12.3 Å². The molecule has 0 aromatic carbocycles. The average Bonchev–Trinajstić information content (AvgIpc) is 2.58. The molecule has 16 heavy (non-hydrogen) atoms. The van der Waals surface area contributed by atoms with Gasteiger partial charge in [-0.05, 0) is 13.0 Å². The highest BCUT2D eigenvalue weighted by Gasteiger charge is 2.32. The van der Waals surface area contributed by atoms with Gasteiger partial charge in [0.1, 0.15) is 11.5 Å². The highest BCUT2D eigenvalue weighted by molar-refractivity contribution is 5.74. The lowest BCUT2D eigenvalue weighted by molar-refractivity contribution is -0.141. The Morgan fingerprint density at radius 3 is 2.44 bits per heavy atom. The average molecular weight is 231 g/mol. The lowest BCUT2D eigenvalue weighted by Crippen LogP contribution is -2.07. The summed E-state index contributed by atoms with van der Waals surface area (Å²) in [6, 6.07) is 0.929. The number of hydrogen-bond acceptors (Lipinski definition) is 2. The molecule has 0 spiro atoms. The van der Waals surface area contributed by atoms with Crippen LogP contribution in [0.4, 0.5) is 13.2 Å². The highest BCUT2D eigenvalue weighted by atomic mass is 19.4. The number of rotatable bonds is 0. The van der Waals surface area contributed by atoms with Crippen molar-refractivity contribution in [1.82, 2.24) is 15.0 Å². The van der Waals surface area contributed by atoms with Gasteiger partial charge in [0.05, 0.1) is 17.2 Å². The van der Waals surface area contributed by atoms with Crippen molar-refractivity contribution in [2.75, 3.05) is 0 Å². The van der Waals surface area contributed by atoms with Crippen molar-refractivity contribution >= 4 is 11.0 Å². The molecule has 0 saturated carbocycles. The largest absolute Gasteiger partial charge is 0.433 e. The molecule has 0 fully saturated rings. The SMILES string of the molecule is CC.Cc1nc2cc(C(F)(F)F)ncc2[nH]1. The van der Waals surface area contributed by atoms with Gasteiger partial charge in [-0.3, -0.25) is 0 Å². The van der Waals surface area contributed by atoms with E-state index in [1.165, 1.54) is 0 Å². The Labute approximate surface area is 90.7 Å². The number of hydrogen-bond donors (Lipinski definition) is 1. The van der Waals surface area contributed by atoms with E-state index >= 15 is 0 Å². The molecule has 0 unspecified atom stereocenters. The predicted octanol–water partition coefficient (Wildman–Crippen LogP) is 3.31. The van der Waals surface area contributed by atoms with Gasteiger partial charge >= 0.3 is 6.18 Å². The number of pyridine rings is 1. The van der Waals surface area contributed by atoms with Gasteiger partial charge in [0.25, 0.3) is 0 Å². The van der Waals surface area contributed by atoms with Crippen molar-refractivity contribution in [1.29, 1.82) is 0 Å². The summed E-state index contributed by atoms with van der Waals surface area (Å²) >= 11 is 0. The van der Waals surface area contributed by atoms with Crippen LogP contribution in [0, 0.1) is 6.92 Å². The number of fused-ring (bicyclic) bond motifs is 1. The molecule has 2 aromatic heterocycles. The minimum absolute atomic E-state index is 0.282. The van der Waals surface area contributed by atoms with Crippen LogP contribution in [0.1, 0.15) is 25.4 Å². The molecule has 0 atom stereocenters. The lowest BCUT2D eigenvalue weighted by Gasteiger charge is -2.03. The minimum atomic E-state index is -4.42. The van der Waals surface area contributed by atoms with Gasteiger partial charge in [-0.15, -0.1) is 0 Å². The molecule has 0 aliphatic heterocycles. The first kappa shape index (κ1) is 12.5. The molecule has 6 heteroatoms. The number of aromatic nitrogens is 3. The van der Waals surface area contributed by atoms with E-state index in [4.69, 9.17) is 0 Å². The highest BCUT2D eigenvalue weighted by Crippen LogP contribution is 2.28. The first-order chi connectivity index (χ1) is 7.47. The van der Waals surface area contributed by atoms with Gasteiger partial charge < -0.3 is 4.98 Å². The Morgan fingerprint density at radius 1 is 1.25 bits per heavy atom. The molecule has 0 aliphatic rings. The van der Waals surface area contributed by atoms with Crippen LogP contribution < -0.4 is 0 Å². The minimum Gasteiger partial charge on any atom is -0.341 e. The Bertz CT molecular complexity index is 474. The standard InChI is InChI=1S/C8H6F3N3.C2H6/c1-4-13-5-2-7(8(9,10)11)12-3-6(5)14-4;1-2/h2-3H,1H3,(H,13,14);1-2H3. The number of halogens is 3. The molecule has 0 amide bonds. The predicted molar refractivity (Wildman–Crippen MR) is 55.0 cm³/mol. The molecule has 88 valence electrons. The second-order valence-electron chi connectivity index (χ2n) is 2.91. The fourth-order valence-electron chi connectivity index (χ4n) is 1.19. The van der Waals surface area contributed by atoms with E-state index in [9.17, 15) is 13.2 Å². The molecule has 2 heterocycles. The Kier molecular flexibility index (Phi) is 3.51. The third-order valence-corrected chi connectivity index (χ3v) is 1.78. The number of alkyl halides is 3. The number of aromatic amines is 1. The van der Waals surface area contributed by atoms with E-state index in [2.05, 4.69) is 15.0 Å². The summed E-state index contributed by atoms with van der Waals surface area (Å²) in [5.41, 5.74) is -0.128. The van der Waals surface area contributed by atoms with Gasteiger partial charge in [0.15, 0.2) is 0 Å². The number of aryl methyl sites for hydroxylation is 1. The molecule has 0 bridgehead atoms. The molecule has 3 nitrogen and oxygen atoms in total. The quantitative estimate of drug-likeness (QED) is 0.755. The molecule has 0 saturated heterocycles. The van der Waals surface area contributed by atoms with Crippen molar-refractivity contribution in [2.24, 2.45) is 0 Å². The van der Waals surface area contributed by atoms with E-state index in [-0.39, 0.29) is 5.52 Å². The zero-order chi connectivity index (χ0) is 12.3. The number of imidazole rings is 1. The molecule has 0 aliphatic carbocycles. The fraction of sp³-hybridized carbons (Fsp3) is 0.400. The smallest absolute Gasteiger partial charge is 0.341 e. The molecule has 2 aromatic rings. The zero-order valence-electron chi connectivity index (χ0n) is 9.18. The second kappa shape index (κ2) is 4.51. The second-order valence-corrected chi connectivity index (χ2v) is 2.91. The van der Waals surface area contributed by atoms with Crippen LogP contribution in [0.25, 0.3) is 11.0 Å². The first-order valence-corrected chi connectivity index (χ1v) is 4.86. The number of nitrogens with one attached hydrogen (secondary N) is 1. The summed E-state index contributed by atoms with van der Waals surface area (Å²) in [5, 5.41) is 0. The van der Waals surface area contributed by atoms with Crippen molar-refractivity contribution < 1.29 is 13.2 Å². The summed E-state index contributed by atoms with van der Waals surface area (Å²) in [6.45, 7) is 5.67. The molecule has 2 rings (SSSR count). The monoisotopic (exact) mass is 231 g/mol. The Balaban J connectivity index is 0.000000606. The number of H-pyrrole nitrogens is 1. The molecule has 1 N–H and O–H groups in total. The van der Waals surface area contributed by atoms with E-state index < -0.39 is 11.9 Å². The summed E-state index contributed by atoms with van der Waals surface area (Å²) < 4.78 is 36.7. The maximum Gasteiger partial charge on any atom is 0.433 e. The van der Waals surface area contributed by atoms with Crippen LogP contribution in [0.3, 0.4) is 0 Å². The maximum atomic E-state index is 12.2. The van der Waals surface area contributed by atoms with Gasteiger partial charge in [0.2, 0.25) is 0 Å². The van der Waals surface area contributed by atoms with Gasteiger partial charge in [-0.1, -0.05) is 13.8 Å². The van der Waals surface area contributed by atoms with E-state index in [0.29, 0.717) is 11.3 Å². The topological polar surface area (TPSA) is 41.6 Å². The van der Waals surface area contributed by atoms with Crippen molar-refractivity contribution in [3.63, 3.8) is 0 Å². The van der Waals surface area contributed by atoms with Crippen LogP contribution >= 0.6 is 0 Å². The molecular formula is C10H12F3N3. The molecule has 0 radical (unpaired) electrons. The summed E-state index contributed by atoms with van der Waals surface area (Å²) in [5.74, 6) is 0.570. The maximum absolute atomic E-state index is 12.2. The van der Waals surface area contributed by atoms with Gasteiger partial charge in [0, 0.05) is 0 Å². The van der Waals surface area contributed by atoms with Crippen LogP contribution in [0.5, 0.6) is 0 Å². The van der Waals surface area contributed by atoms with Crippen LogP contribution in [-0.2, 0) is 6.18 Å². The zero-order valence-corrected chi connectivity index (χ0v) is 9.18. The lowest BCUT2D eigenvalue weighted by atomic mass is 10.3. The van der Waals surface area contributed by atoms with E-state index in [1.807, 2.05) is 13.8 Å². The normalized spacial score (nSPS) is 11.1. The van der Waals surface area contributed by atoms with Crippen molar-refractivity contribution in [2.45, 2.75) is 26.9 Å². The third-order valence-electron chi connectivity index (χ3n) is 1.78. The van der Waals surface area contributed by atoms with E-state index in [0.717, 1.165) is 12.3 Å². The summed E-state index contributed by atoms with van der Waals surface area (Å²) in [7, 11) is 0. The molecular weight excluding hydrogens is 219 g/mol. The number of nitrogens with zero attached hydrogens (tertiary/aromatic N) is 2. The van der Waals surface area contributed by atoms with E-state index in [1.54, 1.807) is 6.92 Å². The Morgan fingerprint density at radius 2 is 1.88 bits per heavy atom. The van der Waals surface area contributed by atoms with Gasteiger partial charge in [-0.25, -0.2) is 9.97 Å².